The van der Waals surface area contributed by atoms with Gasteiger partial charge in [-0.1, -0.05) is 30.2 Å². The highest BCUT2D eigenvalue weighted by atomic mass is 19.1. The Morgan fingerprint density at radius 2 is 2.00 bits per heavy atom. The van der Waals surface area contributed by atoms with Gasteiger partial charge in [-0.15, -0.1) is 6.42 Å². The zero-order valence-corrected chi connectivity index (χ0v) is 16.8. The van der Waals surface area contributed by atoms with Crippen LogP contribution in [0.2, 0.25) is 0 Å². The number of aliphatic imine (C=N–C) groups is 1. The van der Waals surface area contributed by atoms with E-state index in [2.05, 4.69) is 21.5 Å². The third-order valence-electron chi connectivity index (χ3n) is 5.12. The second-order valence-electron chi connectivity index (χ2n) is 7.02. The molecule has 6 heteroatoms. The van der Waals surface area contributed by atoms with E-state index in [1.807, 2.05) is 30.3 Å². The Hall–Kier alpha value is -3.20. The third-order valence-corrected chi connectivity index (χ3v) is 5.12. The predicted molar refractivity (Wildman–Crippen MR) is 113 cm³/mol. The van der Waals surface area contributed by atoms with Gasteiger partial charge in [0, 0.05) is 25.6 Å². The molecule has 29 heavy (non-hydrogen) atoms. The van der Waals surface area contributed by atoms with E-state index >= 15 is 0 Å². The Kier molecular flexibility index (Phi) is 6.61. The maximum atomic E-state index is 14.2. The second kappa shape index (κ2) is 9.33. The minimum atomic E-state index is -0.153. The van der Waals surface area contributed by atoms with Crippen LogP contribution in [-0.4, -0.2) is 33.3 Å². The van der Waals surface area contributed by atoms with Crippen LogP contribution in [0.4, 0.5) is 4.39 Å². The summed E-state index contributed by atoms with van der Waals surface area (Å²) in [5.74, 6) is 4.20. The number of nitrogens with one attached hydrogen (secondary N) is 2. The third kappa shape index (κ3) is 5.00. The number of halogens is 1. The molecule has 5 nitrogen and oxygen atoms in total. The maximum absolute atomic E-state index is 14.2. The van der Waals surface area contributed by atoms with Gasteiger partial charge < -0.3 is 20.1 Å². The van der Waals surface area contributed by atoms with Crippen LogP contribution in [0.1, 0.15) is 24.0 Å². The fourth-order valence-corrected chi connectivity index (χ4v) is 3.31. The van der Waals surface area contributed by atoms with Crippen LogP contribution in [0.25, 0.3) is 0 Å². The number of nitrogens with zero attached hydrogens (tertiary/aromatic N) is 1. The summed E-state index contributed by atoms with van der Waals surface area (Å²) in [5.41, 5.74) is 1.61. The number of hydrogen-bond donors (Lipinski definition) is 2. The number of benzene rings is 2. The first-order valence-electron chi connectivity index (χ1n) is 9.54. The highest BCUT2D eigenvalue weighted by Crippen LogP contribution is 2.48. The number of methoxy groups -OCH3 is 1. The topological polar surface area (TPSA) is 54.9 Å². The van der Waals surface area contributed by atoms with Gasteiger partial charge in [-0.25, -0.2) is 4.39 Å². The highest BCUT2D eigenvalue weighted by molar-refractivity contribution is 5.79. The summed E-state index contributed by atoms with van der Waals surface area (Å²) in [7, 11) is 3.30. The quantitative estimate of drug-likeness (QED) is 0.409. The average Bonchev–Trinajstić information content (AvgIpc) is 3.53. The van der Waals surface area contributed by atoms with Gasteiger partial charge >= 0.3 is 0 Å². The van der Waals surface area contributed by atoms with Gasteiger partial charge in [-0.3, -0.25) is 4.99 Å². The highest BCUT2D eigenvalue weighted by Gasteiger charge is 2.45. The molecule has 1 fully saturated rings. The summed E-state index contributed by atoms with van der Waals surface area (Å²) < 4.78 is 25.0. The molecule has 1 aliphatic carbocycles. The molecule has 0 aliphatic heterocycles. The lowest BCUT2D eigenvalue weighted by Crippen LogP contribution is -2.41. The molecule has 0 radical (unpaired) electrons. The molecule has 0 atom stereocenters. The number of guanidine groups is 1. The van der Waals surface area contributed by atoms with Crippen molar-refractivity contribution in [3.63, 3.8) is 0 Å². The Labute approximate surface area is 171 Å². The lowest BCUT2D eigenvalue weighted by atomic mass is 9.95. The van der Waals surface area contributed by atoms with Gasteiger partial charge in [0.25, 0.3) is 0 Å². The van der Waals surface area contributed by atoms with Crippen molar-refractivity contribution in [2.45, 2.75) is 24.8 Å². The van der Waals surface area contributed by atoms with Gasteiger partial charge in [0.1, 0.15) is 12.4 Å². The van der Waals surface area contributed by atoms with Crippen LogP contribution in [0.5, 0.6) is 11.5 Å². The molecule has 2 aromatic carbocycles. The van der Waals surface area contributed by atoms with Gasteiger partial charge in [-0.05, 0) is 42.2 Å². The predicted octanol–water partition coefficient (Wildman–Crippen LogP) is 3.24. The minimum absolute atomic E-state index is 0.146. The van der Waals surface area contributed by atoms with Gasteiger partial charge in [0.15, 0.2) is 17.5 Å². The monoisotopic (exact) mass is 395 g/mol. The summed E-state index contributed by atoms with van der Waals surface area (Å²) in [6.07, 6.45) is 7.20. The van der Waals surface area contributed by atoms with Crippen molar-refractivity contribution < 1.29 is 13.9 Å². The van der Waals surface area contributed by atoms with Crippen molar-refractivity contribution in [1.82, 2.24) is 10.6 Å². The molecular weight excluding hydrogens is 369 g/mol. The van der Waals surface area contributed by atoms with Crippen molar-refractivity contribution in [3.8, 4) is 23.8 Å². The normalized spacial score (nSPS) is 14.6. The Bertz CT molecular complexity index is 917. The molecule has 0 spiro atoms. The number of terminal acetylenes is 1. The average molecular weight is 395 g/mol. The Balaban J connectivity index is 1.59. The van der Waals surface area contributed by atoms with Crippen LogP contribution in [0, 0.1) is 18.2 Å². The van der Waals surface area contributed by atoms with E-state index in [1.54, 1.807) is 20.2 Å². The molecule has 0 amide bonds. The maximum Gasteiger partial charge on any atom is 0.191 e. The summed E-state index contributed by atoms with van der Waals surface area (Å²) in [6, 6.07) is 12.7. The van der Waals surface area contributed by atoms with E-state index in [0.29, 0.717) is 30.5 Å². The zero-order valence-electron chi connectivity index (χ0n) is 16.8. The molecule has 1 aliphatic rings. The molecule has 2 N–H and O–H groups in total. The van der Waals surface area contributed by atoms with Crippen LogP contribution < -0.4 is 20.1 Å². The molecule has 0 saturated heterocycles. The number of ether oxygens (including phenoxy) is 2. The molecule has 152 valence electrons. The van der Waals surface area contributed by atoms with Crippen molar-refractivity contribution in [1.29, 1.82) is 0 Å². The molecule has 2 aromatic rings. The van der Waals surface area contributed by atoms with E-state index < -0.39 is 0 Å². The first kappa shape index (κ1) is 20.5. The summed E-state index contributed by atoms with van der Waals surface area (Å²) in [6.45, 7) is 1.35. The lowest BCUT2D eigenvalue weighted by Gasteiger charge is -2.20. The molecule has 0 unspecified atom stereocenters. The van der Waals surface area contributed by atoms with Crippen molar-refractivity contribution in [2.24, 2.45) is 4.99 Å². The van der Waals surface area contributed by atoms with Gasteiger partial charge in [-0.2, -0.15) is 0 Å². The number of hydrogen-bond acceptors (Lipinski definition) is 3. The van der Waals surface area contributed by atoms with Gasteiger partial charge in [0.05, 0.1) is 7.11 Å². The minimum Gasteiger partial charge on any atom is -0.493 e. The van der Waals surface area contributed by atoms with Crippen LogP contribution in [0.3, 0.4) is 0 Å². The fourth-order valence-electron chi connectivity index (χ4n) is 3.31. The van der Waals surface area contributed by atoms with Crippen molar-refractivity contribution >= 4 is 5.96 Å². The summed E-state index contributed by atoms with van der Waals surface area (Å²) >= 11 is 0. The first-order valence-corrected chi connectivity index (χ1v) is 9.54. The molecule has 3 rings (SSSR count). The SMILES string of the molecule is C#CCOc1cc(CNC(=NC)NCC2(c3ccccc3F)CC2)ccc1OC. The largest absolute Gasteiger partial charge is 0.493 e. The molecule has 1 saturated carbocycles. The van der Waals surface area contributed by atoms with E-state index in [4.69, 9.17) is 15.9 Å². The van der Waals surface area contributed by atoms with Crippen molar-refractivity contribution in [3.05, 3.63) is 59.4 Å². The van der Waals surface area contributed by atoms with E-state index in [9.17, 15) is 4.39 Å². The van der Waals surface area contributed by atoms with Crippen LogP contribution >= 0.6 is 0 Å². The van der Waals surface area contributed by atoms with E-state index in [1.165, 1.54) is 6.07 Å². The van der Waals surface area contributed by atoms with Crippen LogP contribution in [0.15, 0.2) is 47.5 Å². The molecule has 0 bridgehead atoms. The molecule has 0 aromatic heterocycles. The van der Waals surface area contributed by atoms with E-state index in [-0.39, 0.29) is 17.8 Å². The number of rotatable bonds is 8. The first-order chi connectivity index (χ1) is 14.1. The molecule has 0 heterocycles. The summed E-state index contributed by atoms with van der Waals surface area (Å²) in [4.78, 5) is 4.27. The smallest absolute Gasteiger partial charge is 0.191 e. The van der Waals surface area contributed by atoms with Crippen molar-refractivity contribution in [2.75, 3.05) is 27.3 Å². The Morgan fingerprint density at radius 3 is 2.66 bits per heavy atom. The van der Waals surface area contributed by atoms with E-state index in [0.717, 1.165) is 24.0 Å². The Morgan fingerprint density at radius 1 is 1.21 bits per heavy atom. The second-order valence-corrected chi connectivity index (χ2v) is 7.02. The van der Waals surface area contributed by atoms with Gasteiger partial charge in [0.2, 0.25) is 0 Å². The summed E-state index contributed by atoms with van der Waals surface area (Å²) in [5, 5.41) is 6.61. The van der Waals surface area contributed by atoms with Crippen LogP contribution in [-0.2, 0) is 12.0 Å². The fraction of sp³-hybridized carbons (Fsp3) is 0.348. The standard InChI is InChI=1S/C23H26FN3O2/c1-4-13-29-21-14-17(9-10-20(21)28-3)15-26-22(25-2)27-16-23(11-12-23)18-7-5-6-8-19(18)24/h1,5-10,14H,11-13,15-16H2,2-3H3,(H2,25,26,27). The zero-order chi connectivity index (χ0) is 20.7. The molecular formula is C23H26FN3O2. The lowest BCUT2D eigenvalue weighted by molar-refractivity contribution is 0.330.